The zero-order valence-corrected chi connectivity index (χ0v) is 11.2. The summed E-state index contributed by atoms with van der Waals surface area (Å²) >= 11 is 1.62. The molecule has 1 fully saturated rings. The Labute approximate surface area is 111 Å². The largest absolute Gasteiger partial charge is 0.466 e. The van der Waals surface area contributed by atoms with Crippen molar-refractivity contribution < 1.29 is 14.3 Å². The lowest BCUT2D eigenvalue weighted by Gasteiger charge is -2.23. The molecule has 1 saturated heterocycles. The molecule has 4 nitrogen and oxygen atoms in total. The van der Waals surface area contributed by atoms with Crippen molar-refractivity contribution >= 4 is 23.2 Å². The number of carbonyl (C=O) groups excluding carboxylic acids is 2. The predicted octanol–water partition coefficient (Wildman–Crippen LogP) is 2.19. The number of nitrogens with zero attached hydrogens (tertiary/aromatic N) is 1. The smallest absolute Gasteiger partial charge is 0.307 e. The molecule has 1 aliphatic heterocycles. The second kappa shape index (κ2) is 6.00. The van der Waals surface area contributed by atoms with Crippen LogP contribution in [0.25, 0.3) is 0 Å². The number of carbonyl (C=O) groups is 2. The van der Waals surface area contributed by atoms with Crippen LogP contribution in [0.2, 0.25) is 0 Å². The molecule has 0 N–H and O–H groups in total. The molecule has 18 heavy (non-hydrogen) atoms. The topological polar surface area (TPSA) is 46.6 Å². The number of ether oxygens (including phenoxy) is 1. The lowest BCUT2D eigenvalue weighted by atomic mass is 10.1. The van der Waals surface area contributed by atoms with Gasteiger partial charge in [-0.05, 0) is 35.7 Å². The third kappa shape index (κ3) is 3.10. The van der Waals surface area contributed by atoms with Gasteiger partial charge in [0.15, 0.2) is 0 Å². The number of hydrogen-bond donors (Lipinski definition) is 0. The third-order valence-corrected chi connectivity index (χ3v) is 3.83. The molecule has 1 amide bonds. The summed E-state index contributed by atoms with van der Waals surface area (Å²) in [6.07, 6.45) is 1.60. The summed E-state index contributed by atoms with van der Waals surface area (Å²) in [5.74, 6) is -0.0805. The molecule has 0 spiro atoms. The van der Waals surface area contributed by atoms with Crippen molar-refractivity contribution in [3.8, 4) is 0 Å². The Morgan fingerprint density at radius 3 is 3.11 bits per heavy atom. The van der Waals surface area contributed by atoms with Crippen LogP contribution < -0.4 is 0 Å². The van der Waals surface area contributed by atoms with Gasteiger partial charge in [-0.2, -0.15) is 11.3 Å². The molecular weight excluding hydrogens is 250 g/mol. The van der Waals surface area contributed by atoms with Gasteiger partial charge in [0.2, 0.25) is 5.91 Å². The maximum absolute atomic E-state index is 11.8. The van der Waals surface area contributed by atoms with Crippen molar-refractivity contribution in [1.29, 1.82) is 0 Å². The quantitative estimate of drug-likeness (QED) is 0.768. The van der Waals surface area contributed by atoms with Crippen molar-refractivity contribution in [1.82, 2.24) is 4.90 Å². The van der Waals surface area contributed by atoms with Gasteiger partial charge in [0.1, 0.15) is 0 Å². The van der Waals surface area contributed by atoms with Gasteiger partial charge in [-0.15, -0.1) is 0 Å². The van der Waals surface area contributed by atoms with Crippen LogP contribution in [0.15, 0.2) is 16.8 Å². The standard InChI is InChI=1S/C13H17NO3S/c1-2-17-13(16)7-11-3-4-12(15)14(11)8-10-5-6-18-9-10/h5-6,9,11H,2-4,7-8H2,1H3. The van der Waals surface area contributed by atoms with Crippen LogP contribution in [-0.2, 0) is 20.9 Å². The summed E-state index contributed by atoms with van der Waals surface area (Å²) in [4.78, 5) is 25.1. The van der Waals surface area contributed by atoms with Gasteiger partial charge in [0, 0.05) is 19.0 Å². The first-order valence-electron chi connectivity index (χ1n) is 6.17. The maximum atomic E-state index is 11.8. The van der Waals surface area contributed by atoms with Crippen LogP contribution in [0.3, 0.4) is 0 Å². The monoisotopic (exact) mass is 267 g/mol. The van der Waals surface area contributed by atoms with Crippen LogP contribution in [0.4, 0.5) is 0 Å². The van der Waals surface area contributed by atoms with Crippen LogP contribution in [0, 0.1) is 0 Å². The Morgan fingerprint density at radius 1 is 1.61 bits per heavy atom. The van der Waals surface area contributed by atoms with E-state index in [9.17, 15) is 9.59 Å². The first kappa shape index (κ1) is 13.1. The van der Waals surface area contributed by atoms with E-state index in [0.29, 0.717) is 26.0 Å². The van der Waals surface area contributed by atoms with Crippen LogP contribution in [-0.4, -0.2) is 29.4 Å². The average molecular weight is 267 g/mol. The second-order valence-electron chi connectivity index (χ2n) is 4.35. The number of amides is 1. The minimum Gasteiger partial charge on any atom is -0.466 e. The molecule has 0 aromatic carbocycles. The highest BCUT2D eigenvalue weighted by molar-refractivity contribution is 7.07. The zero-order valence-electron chi connectivity index (χ0n) is 10.4. The van der Waals surface area contributed by atoms with Crippen LogP contribution >= 0.6 is 11.3 Å². The molecule has 0 aliphatic carbocycles. The Hall–Kier alpha value is -1.36. The van der Waals surface area contributed by atoms with E-state index in [4.69, 9.17) is 4.74 Å². The SMILES string of the molecule is CCOC(=O)CC1CCC(=O)N1Cc1ccsc1. The van der Waals surface area contributed by atoms with Crippen molar-refractivity contribution in [2.75, 3.05) is 6.61 Å². The molecule has 1 aromatic rings. The Balaban J connectivity index is 1.97. The molecule has 1 unspecified atom stereocenters. The highest BCUT2D eigenvalue weighted by Crippen LogP contribution is 2.24. The number of rotatable bonds is 5. The summed E-state index contributed by atoms with van der Waals surface area (Å²) in [6, 6.07) is 2.01. The molecule has 0 saturated carbocycles. The number of hydrogen-bond acceptors (Lipinski definition) is 4. The Morgan fingerprint density at radius 2 is 2.44 bits per heavy atom. The van der Waals surface area contributed by atoms with E-state index < -0.39 is 0 Å². The summed E-state index contributed by atoms with van der Waals surface area (Å²) in [7, 11) is 0. The van der Waals surface area contributed by atoms with Crippen molar-refractivity contribution in [3.05, 3.63) is 22.4 Å². The second-order valence-corrected chi connectivity index (χ2v) is 5.13. The first-order chi connectivity index (χ1) is 8.70. The fourth-order valence-electron chi connectivity index (χ4n) is 2.21. The van der Waals surface area contributed by atoms with E-state index in [2.05, 4.69) is 0 Å². The van der Waals surface area contributed by atoms with E-state index >= 15 is 0 Å². The minimum atomic E-state index is -0.215. The highest BCUT2D eigenvalue weighted by Gasteiger charge is 2.32. The Kier molecular flexibility index (Phi) is 4.36. The lowest BCUT2D eigenvalue weighted by molar-refractivity contribution is -0.144. The summed E-state index contributed by atoms with van der Waals surface area (Å²) < 4.78 is 4.95. The molecule has 1 aromatic heterocycles. The van der Waals surface area contributed by atoms with E-state index in [0.717, 1.165) is 12.0 Å². The van der Waals surface area contributed by atoms with E-state index in [1.807, 2.05) is 16.8 Å². The van der Waals surface area contributed by atoms with Gasteiger partial charge < -0.3 is 9.64 Å². The number of thiophene rings is 1. The zero-order chi connectivity index (χ0) is 13.0. The summed E-state index contributed by atoms with van der Waals surface area (Å²) in [5, 5.41) is 4.03. The molecule has 98 valence electrons. The molecule has 2 rings (SSSR count). The van der Waals surface area contributed by atoms with Crippen molar-refractivity contribution in [2.24, 2.45) is 0 Å². The predicted molar refractivity (Wildman–Crippen MR) is 69.1 cm³/mol. The molecule has 0 radical (unpaired) electrons. The number of esters is 1. The lowest BCUT2D eigenvalue weighted by Crippen LogP contribution is -2.34. The van der Waals surface area contributed by atoms with Gasteiger partial charge in [0.05, 0.1) is 13.0 Å². The summed E-state index contributed by atoms with van der Waals surface area (Å²) in [6.45, 7) is 2.79. The van der Waals surface area contributed by atoms with Gasteiger partial charge >= 0.3 is 5.97 Å². The van der Waals surface area contributed by atoms with E-state index in [-0.39, 0.29) is 17.9 Å². The minimum absolute atomic E-state index is 0.00329. The van der Waals surface area contributed by atoms with Crippen molar-refractivity contribution in [2.45, 2.75) is 38.8 Å². The fraction of sp³-hybridized carbons (Fsp3) is 0.538. The van der Waals surface area contributed by atoms with Crippen LogP contribution in [0.1, 0.15) is 31.7 Å². The fourth-order valence-corrected chi connectivity index (χ4v) is 2.87. The Bertz CT molecular complexity index is 416. The van der Waals surface area contributed by atoms with Crippen molar-refractivity contribution in [3.63, 3.8) is 0 Å². The van der Waals surface area contributed by atoms with Gasteiger partial charge in [-0.25, -0.2) is 0 Å². The van der Waals surface area contributed by atoms with Crippen LogP contribution in [0.5, 0.6) is 0 Å². The van der Waals surface area contributed by atoms with Gasteiger partial charge in [0.25, 0.3) is 0 Å². The number of likely N-dealkylation sites (tertiary alicyclic amines) is 1. The normalized spacial score (nSPS) is 19.3. The van der Waals surface area contributed by atoms with Gasteiger partial charge in [-0.3, -0.25) is 9.59 Å². The molecule has 1 aliphatic rings. The summed E-state index contributed by atoms with van der Waals surface area (Å²) in [5.41, 5.74) is 1.13. The first-order valence-corrected chi connectivity index (χ1v) is 7.11. The highest BCUT2D eigenvalue weighted by atomic mass is 32.1. The molecular formula is C13H17NO3S. The maximum Gasteiger partial charge on any atom is 0.307 e. The third-order valence-electron chi connectivity index (χ3n) is 3.09. The van der Waals surface area contributed by atoms with E-state index in [1.54, 1.807) is 23.2 Å². The van der Waals surface area contributed by atoms with E-state index in [1.165, 1.54) is 0 Å². The molecule has 2 heterocycles. The molecule has 0 bridgehead atoms. The molecule has 5 heteroatoms. The van der Waals surface area contributed by atoms with Gasteiger partial charge in [-0.1, -0.05) is 0 Å². The molecule has 1 atom stereocenters. The average Bonchev–Trinajstić information content (AvgIpc) is 2.94.